The summed E-state index contributed by atoms with van der Waals surface area (Å²) in [5, 5.41) is 0.225. The van der Waals surface area contributed by atoms with Crippen molar-refractivity contribution in [3.63, 3.8) is 0 Å². The number of aromatic nitrogens is 2. The molecule has 8 nitrogen and oxygen atoms in total. The minimum atomic E-state index is -0.765. The molecule has 34 heavy (non-hydrogen) atoms. The predicted molar refractivity (Wildman–Crippen MR) is 135 cm³/mol. The van der Waals surface area contributed by atoms with Crippen molar-refractivity contribution in [1.82, 2.24) is 9.13 Å². The molecule has 0 atom stereocenters. The van der Waals surface area contributed by atoms with Crippen molar-refractivity contribution in [3.05, 3.63) is 65.6 Å². The van der Waals surface area contributed by atoms with Gasteiger partial charge >= 0.3 is 17.6 Å². The van der Waals surface area contributed by atoms with E-state index >= 15 is 0 Å². The first kappa shape index (κ1) is 25.9. The minimum Gasteiger partial charge on any atom is -0.462 e. The number of benzene rings is 1. The van der Waals surface area contributed by atoms with E-state index in [4.69, 9.17) is 9.47 Å². The Morgan fingerprint density at radius 2 is 1.79 bits per heavy atom. The van der Waals surface area contributed by atoms with Crippen molar-refractivity contribution in [1.29, 1.82) is 0 Å². The Bertz CT molecular complexity index is 1360. The largest absolute Gasteiger partial charge is 0.462 e. The highest BCUT2D eigenvalue weighted by Crippen LogP contribution is 2.29. The summed E-state index contributed by atoms with van der Waals surface area (Å²) in [6, 6.07) is 7.64. The number of halogens is 1. The Morgan fingerprint density at radius 1 is 1.12 bits per heavy atom. The lowest BCUT2D eigenvalue weighted by Gasteiger charge is -2.20. The molecule has 0 saturated carbocycles. The molecule has 0 amide bonds. The van der Waals surface area contributed by atoms with Crippen LogP contribution in [-0.2, 0) is 33.8 Å². The van der Waals surface area contributed by atoms with Gasteiger partial charge < -0.3 is 9.47 Å². The number of hydrogen-bond acceptors (Lipinski definition) is 7. The third-order valence-electron chi connectivity index (χ3n) is 5.02. The van der Waals surface area contributed by atoms with Crippen LogP contribution in [-0.4, -0.2) is 33.3 Å². The molecule has 10 heteroatoms. The Morgan fingerprint density at radius 3 is 2.41 bits per heavy atom. The predicted octanol–water partition coefficient (Wildman–Crippen LogP) is 4.06. The SMILES string of the molecule is CCOC(=O)c1sc2c(c1C)c(=O)n(CC(=O)OC(C)(C)C)c(=O)n2CCc1ccccc1Br. The molecule has 0 aliphatic rings. The van der Waals surface area contributed by atoms with Gasteiger partial charge in [-0.3, -0.25) is 14.2 Å². The van der Waals surface area contributed by atoms with Gasteiger partial charge in [0.05, 0.1) is 12.0 Å². The van der Waals surface area contributed by atoms with Crippen LogP contribution in [0.2, 0.25) is 0 Å². The van der Waals surface area contributed by atoms with E-state index < -0.39 is 35.3 Å². The van der Waals surface area contributed by atoms with Crippen LogP contribution >= 0.6 is 27.3 Å². The number of aryl methyl sites for hydroxylation is 3. The van der Waals surface area contributed by atoms with Crippen molar-refractivity contribution >= 4 is 49.4 Å². The molecule has 0 aliphatic heterocycles. The van der Waals surface area contributed by atoms with Crippen LogP contribution in [0.5, 0.6) is 0 Å². The molecular formula is C24H27BrN2O6S. The number of carbonyl (C=O) groups is 2. The zero-order chi connectivity index (χ0) is 25.2. The molecule has 1 aromatic carbocycles. The summed E-state index contributed by atoms with van der Waals surface area (Å²) in [5.74, 6) is -1.24. The number of fused-ring (bicyclic) bond motifs is 1. The summed E-state index contributed by atoms with van der Waals surface area (Å²) in [6.45, 7) is 8.38. The molecule has 0 bridgehead atoms. The van der Waals surface area contributed by atoms with Crippen molar-refractivity contribution in [2.45, 2.75) is 59.7 Å². The number of carbonyl (C=O) groups excluding carboxylic acids is 2. The molecule has 3 rings (SSSR count). The lowest BCUT2D eigenvalue weighted by Crippen LogP contribution is -2.42. The zero-order valence-electron chi connectivity index (χ0n) is 19.8. The van der Waals surface area contributed by atoms with E-state index in [1.54, 1.807) is 34.6 Å². The highest BCUT2D eigenvalue weighted by atomic mass is 79.9. The Balaban J connectivity index is 2.18. The van der Waals surface area contributed by atoms with E-state index in [0.29, 0.717) is 16.8 Å². The monoisotopic (exact) mass is 550 g/mol. The van der Waals surface area contributed by atoms with Crippen LogP contribution in [0.3, 0.4) is 0 Å². The summed E-state index contributed by atoms with van der Waals surface area (Å²) >= 11 is 4.57. The Labute approximate surface area is 209 Å². The Kier molecular flexibility index (Phi) is 7.82. The molecule has 2 heterocycles. The number of esters is 2. The first-order valence-electron chi connectivity index (χ1n) is 10.8. The molecule has 0 fully saturated rings. The first-order chi connectivity index (χ1) is 15.9. The maximum Gasteiger partial charge on any atom is 0.348 e. The minimum absolute atomic E-state index is 0.185. The average molecular weight is 551 g/mol. The molecule has 0 spiro atoms. The van der Waals surface area contributed by atoms with Gasteiger partial charge in [0.1, 0.15) is 21.9 Å². The second-order valence-corrected chi connectivity index (χ2v) is 10.6. The zero-order valence-corrected chi connectivity index (χ0v) is 22.2. The molecule has 0 unspecified atom stereocenters. The van der Waals surface area contributed by atoms with Gasteiger partial charge in [0.2, 0.25) is 0 Å². The van der Waals surface area contributed by atoms with Gasteiger partial charge in [0, 0.05) is 11.0 Å². The van der Waals surface area contributed by atoms with Crippen LogP contribution in [0.15, 0.2) is 38.3 Å². The van der Waals surface area contributed by atoms with Crippen LogP contribution in [0, 0.1) is 6.92 Å². The smallest absolute Gasteiger partial charge is 0.348 e. The molecule has 0 saturated heterocycles. The molecular weight excluding hydrogens is 524 g/mol. The second kappa shape index (κ2) is 10.3. The molecule has 0 radical (unpaired) electrons. The summed E-state index contributed by atoms with van der Waals surface area (Å²) in [6.07, 6.45) is 0.493. The number of ether oxygens (including phenoxy) is 2. The third-order valence-corrected chi connectivity index (χ3v) is 7.09. The molecule has 0 N–H and O–H groups in total. The second-order valence-electron chi connectivity index (χ2n) is 8.71. The fraction of sp³-hybridized carbons (Fsp3) is 0.417. The van der Waals surface area contributed by atoms with Crippen molar-refractivity contribution in [2.24, 2.45) is 0 Å². The van der Waals surface area contributed by atoms with Gasteiger partial charge in [0.15, 0.2) is 0 Å². The number of thiophene rings is 1. The van der Waals surface area contributed by atoms with Crippen molar-refractivity contribution < 1.29 is 19.1 Å². The maximum absolute atomic E-state index is 13.4. The summed E-state index contributed by atoms with van der Waals surface area (Å²) < 4.78 is 13.7. The van der Waals surface area contributed by atoms with Crippen molar-refractivity contribution in [3.8, 4) is 0 Å². The van der Waals surface area contributed by atoms with Gasteiger partial charge in [-0.2, -0.15) is 0 Å². The quantitative estimate of drug-likeness (QED) is 0.411. The molecule has 2 aromatic heterocycles. The lowest BCUT2D eigenvalue weighted by atomic mass is 10.1. The van der Waals surface area contributed by atoms with E-state index in [-0.39, 0.29) is 23.4 Å². The standard InChI is InChI=1S/C24H27BrN2O6S/c1-6-32-22(30)19-14(2)18-20(29)27(13-17(28)33-24(3,4)5)23(31)26(21(18)34-19)12-11-15-9-7-8-10-16(15)25/h7-10H,6,11-13H2,1-5H3. The fourth-order valence-corrected chi connectivity index (χ4v) is 5.25. The lowest BCUT2D eigenvalue weighted by molar-refractivity contribution is -0.155. The molecule has 182 valence electrons. The first-order valence-corrected chi connectivity index (χ1v) is 12.4. The number of nitrogens with zero attached hydrogens (tertiary/aromatic N) is 2. The van der Waals surface area contributed by atoms with E-state index in [9.17, 15) is 19.2 Å². The summed E-state index contributed by atoms with van der Waals surface area (Å²) in [7, 11) is 0. The van der Waals surface area contributed by atoms with Gasteiger partial charge in [0.25, 0.3) is 5.56 Å². The van der Waals surface area contributed by atoms with Crippen LogP contribution < -0.4 is 11.2 Å². The highest BCUT2D eigenvalue weighted by Gasteiger charge is 2.25. The topological polar surface area (TPSA) is 96.6 Å². The number of hydrogen-bond donors (Lipinski definition) is 0. The highest BCUT2D eigenvalue weighted by molar-refractivity contribution is 9.10. The van der Waals surface area contributed by atoms with E-state index in [1.165, 1.54) is 4.57 Å². The van der Waals surface area contributed by atoms with Crippen LogP contribution in [0.1, 0.15) is 48.5 Å². The van der Waals surface area contributed by atoms with Gasteiger partial charge in [-0.15, -0.1) is 11.3 Å². The van der Waals surface area contributed by atoms with Gasteiger partial charge in [-0.1, -0.05) is 34.1 Å². The summed E-state index contributed by atoms with van der Waals surface area (Å²) in [4.78, 5) is 52.4. The van der Waals surface area contributed by atoms with Gasteiger partial charge in [-0.05, 0) is 58.2 Å². The average Bonchev–Trinajstić information content (AvgIpc) is 3.08. The molecule has 0 aliphatic carbocycles. The Hall–Kier alpha value is -2.72. The van der Waals surface area contributed by atoms with E-state index in [2.05, 4.69) is 15.9 Å². The summed E-state index contributed by atoms with van der Waals surface area (Å²) in [5.41, 5.74) is -0.625. The van der Waals surface area contributed by atoms with Crippen LogP contribution in [0.25, 0.3) is 10.2 Å². The van der Waals surface area contributed by atoms with Crippen LogP contribution in [0.4, 0.5) is 0 Å². The van der Waals surface area contributed by atoms with Gasteiger partial charge in [-0.25, -0.2) is 14.2 Å². The maximum atomic E-state index is 13.4. The third kappa shape index (κ3) is 5.50. The van der Waals surface area contributed by atoms with Crippen molar-refractivity contribution in [2.75, 3.05) is 6.61 Å². The molecule has 3 aromatic rings. The van der Waals surface area contributed by atoms with E-state index in [0.717, 1.165) is 25.9 Å². The fourth-order valence-electron chi connectivity index (χ4n) is 3.56. The normalized spacial score (nSPS) is 11.6. The van der Waals surface area contributed by atoms with E-state index in [1.807, 2.05) is 24.3 Å². The number of rotatable bonds is 7.